The van der Waals surface area contributed by atoms with Crippen LogP contribution in [0.1, 0.15) is 21.5 Å². The van der Waals surface area contributed by atoms with Gasteiger partial charge in [-0.1, -0.05) is 29.8 Å². The highest BCUT2D eigenvalue weighted by atomic mass is 35.5. The van der Waals surface area contributed by atoms with Gasteiger partial charge in [0.05, 0.1) is 11.1 Å². The summed E-state index contributed by atoms with van der Waals surface area (Å²) >= 11 is 6.12. The number of aliphatic imine (C=N–C) groups is 1. The quantitative estimate of drug-likeness (QED) is 0.523. The molecule has 0 aliphatic carbocycles. The predicted octanol–water partition coefficient (Wildman–Crippen LogP) is 4.69. The zero-order valence-corrected chi connectivity index (χ0v) is 17.8. The van der Waals surface area contributed by atoms with Crippen molar-refractivity contribution in [2.75, 3.05) is 26.2 Å². The average Bonchev–Trinajstić information content (AvgIpc) is 2.95. The maximum atomic E-state index is 12.9. The number of amides is 1. The number of halogens is 1. The van der Waals surface area contributed by atoms with Gasteiger partial charge in [0.25, 0.3) is 5.91 Å². The van der Waals surface area contributed by atoms with E-state index in [1.807, 2.05) is 54.3 Å². The molecule has 7 heteroatoms. The third-order valence-corrected chi connectivity index (χ3v) is 5.85. The second kappa shape index (κ2) is 8.04. The molecule has 1 aromatic heterocycles. The van der Waals surface area contributed by atoms with E-state index in [1.165, 1.54) is 0 Å². The molecule has 0 spiro atoms. The largest absolute Gasteiger partial charge is 0.454 e. The van der Waals surface area contributed by atoms with Crippen molar-refractivity contribution < 1.29 is 9.53 Å². The maximum Gasteiger partial charge on any atom is 0.257 e. The number of hydrogen-bond donors (Lipinski definition) is 0. The Kier molecular flexibility index (Phi) is 5.08. The molecule has 0 unspecified atom stereocenters. The Hall–Kier alpha value is -3.38. The van der Waals surface area contributed by atoms with Gasteiger partial charge >= 0.3 is 0 Å². The number of amidine groups is 1. The molecule has 2 aliphatic heterocycles. The Morgan fingerprint density at radius 2 is 1.81 bits per heavy atom. The van der Waals surface area contributed by atoms with Crippen molar-refractivity contribution in [1.82, 2.24) is 14.8 Å². The van der Waals surface area contributed by atoms with Crippen LogP contribution in [0.5, 0.6) is 11.5 Å². The van der Waals surface area contributed by atoms with Crippen molar-refractivity contribution in [3.8, 4) is 11.5 Å². The second-order valence-electron chi connectivity index (χ2n) is 7.63. The van der Waals surface area contributed by atoms with Crippen LogP contribution in [0.2, 0.25) is 5.15 Å². The van der Waals surface area contributed by atoms with E-state index in [1.54, 1.807) is 18.3 Å². The van der Waals surface area contributed by atoms with Gasteiger partial charge in [-0.2, -0.15) is 0 Å². The van der Waals surface area contributed by atoms with E-state index in [9.17, 15) is 4.79 Å². The van der Waals surface area contributed by atoms with Crippen LogP contribution >= 0.6 is 11.6 Å². The summed E-state index contributed by atoms with van der Waals surface area (Å²) in [5, 5.41) is 0.237. The standard InChI is InChI=1S/C24H21ClN4O2/c1-16-8-9-19-21(15-16)31-20-7-3-2-5-17(20)23(27-19)28-11-13-29(14-12-28)24(30)18-6-4-10-26-22(18)25/h2-10,15H,11-14H2,1H3. The molecule has 0 bridgehead atoms. The minimum Gasteiger partial charge on any atom is -0.454 e. The number of para-hydroxylation sites is 1. The van der Waals surface area contributed by atoms with E-state index in [4.69, 9.17) is 21.3 Å². The van der Waals surface area contributed by atoms with E-state index < -0.39 is 0 Å². The lowest BCUT2D eigenvalue weighted by atomic mass is 10.1. The number of benzene rings is 2. The van der Waals surface area contributed by atoms with Crippen LogP contribution < -0.4 is 4.74 Å². The van der Waals surface area contributed by atoms with Gasteiger partial charge in [0.15, 0.2) is 5.75 Å². The molecule has 0 N–H and O–H groups in total. The van der Waals surface area contributed by atoms with Crippen LogP contribution in [0.25, 0.3) is 0 Å². The number of nitrogens with zero attached hydrogens (tertiary/aromatic N) is 4. The normalized spacial score (nSPS) is 15.4. The summed E-state index contributed by atoms with van der Waals surface area (Å²) in [5.74, 6) is 2.31. The summed E-state index contributed by atoms with van der Waals surface area (Å²) < 4.78 is 6.21. The van der Waals surface area contributed by atoms with Gasteiger partial charge in [-0.25, -0.2) is 9.98 Å². The average molecular weight is 433 g/mol. The number of ether oxygens (including phenoxy) is 1. The summed E-state index contributed by atoms with van der Waals surface area (Å²) in [7, 11) is 0. The SMILES string of the molecule is Cc1ccc2c(c1)Oc1ccccc1C(N1CCN(C(=O)c3cccnc3Cl)CC1)=N2. The van der Waals surface area contributed by atoms with Crippen LogP contribution in [-0.4, -0.2) is 52.7 Å². The lowest BCUT2D eigenvalue weighted by molar-refractivity contribution is 0.0692. The van der Waals surface area contributed by atoms with Gasteiger partial charge < -0.3 is 14.5 Å². The first-order valence-electron chi connectivity index (χ1n) is 10.2. The molecule has 0 radical (unpaired) electrons. The molecule has 2 aromatic carbocycles. The molecule has 6 nitrogen and oxygen atoms in total. The number of rotatable bonds is 1. The van der Waals surface area contributed by atoms with E-state index in [-0.39, 0.29) is 11.1 Å². The zero-order chi connectivity index (χ0) is 21.4. The van der Waals surface area contributed by atoms with Crippen LogP contribution in [-0.2, 0) is 0 Å². The number of carbonyl (C=O) groups excluding carboxylic acids is 1. The van der Waals surface area contributed by atoms with Crippen molar-refractivity contribution in [2.24, 2.45) is 4.99 Å². The Bertz CT molecular complexity index is 1190. The van der Waals surface area contributed by atoms with Crippen LogP contribution in [0, 0.1) is 6.92 Å². The van der Waals surface area contributed by atoms with E-state index in [0.29, 0.717) is 31.7 Å². The zero-order valence-electron chi connectivity index (χ0n) is 17.1. The molecule has 5 rings (SSSR count). The molecule has 3 heterocycles. The molecule has 1 amide bonds. The van der Waals surface area contributed by atoms with Gasteiger partial charge in [-0.3, -0.25) is 4.79 Å². The van der Waals surface area contributed by atoms with E-state index in [0.717, 1.165) is 34.1 Å². The third-order valence-electron chi connectivity index (χ3n) is 5.55. The topological polar surface area (TPSA) is 58.0 Å². The minimum absolute atomic E-state index is 0.0925. The van der Waals surface area contributed by atoms with Crippen LogP contribution in [0.4, 0.5) is 5.69 Å². The molecule has 3 aromatic rings. The van der Waals surface area contributed by atoms with Crippen molar-refractivity contribution >= 4 is 29.0 Å². The Balaban J connectivity index is 1.42. The summed E-state index contributed by atoms with van der Waals surface area (Å²) in [4.78, 5) is 25.9. The fourth-order valence-corrected chi connectivity index (χ4v) is 4.11. The highest BCUT2D eigenvalue weighted by Gasteiger charge is 2.28. The first kappa shape index (κ1) is 19.6. The highest BCUT2D eigenvalue weighted by molar-refractivity contribution is 6.32. The monoisotopic (exact) mass is 432 g/mol. The number of aryl methyl sites for hydroxylation is 1. The van der Waals surface area contributed by atoms with Gasteiger partial charge in [-0.15, -0.1) is 0 Å². The number of aromatic nitrogens is 1. The molecule has 1 fully saturated rings. The Labute approximate surface area is 185 Å². The lowest BCUT2D eigenvalue weighted by Crippen LogP contribution is -2.50. The summed E-state index contributed by atoms with van der Waals surface area (Å²) in [6.45, 7) is 4.52. The molecule has 31 heavy (non-hydrogen) atoms. The van der Waals surface area contributed by atoms with Crippen molar-refractivity contribution in [3.63, 3.8) is 0 Å². The third kappa shape index (κ3) is 3.75. The van der Waals surface area contributed by atoms with Crippen LogP contribution in [0.15, 0.2) is 65.8 Å². The number of pyridine rings is 1. The molecular weight excluding hydrogens is 412 g/mol. The van der Waals surface area contributed by atoms with Crippen molar-refractivity contribution in [1.29, 1.82) is 0 Å². The first-order chi connectivity index (χ1) is 15.1. The van der Waals surface area contributed by atoms with Gasteiger partial charge in [0, 0.05) is 32.4 Å². The summed E-state index contributed by atoms with van der Waals surface area (Å²) in [6, 6.07) is 17.4. The van der Waals surface area contributed by atoms with Crippen LogP contribution in [0.3, 0.4) is 0 Å². The van der Waals surface area contributed by atoms with Crippen molar-refractivity contribution in [3.05, 3.63) is 82.6 Å². The molecule has 156 valence electrons. The molecule has 2 aliphatic rings. The Morgan fingerprint density at radius 1 is 1.00 bits per heavy atom. The van der Waals surface area contributed by atoms with Crippen molar-refractivity contribution in [2.45, 2.75) is 6.92 Å². The minimum atomic E-state index is -0.0925. The van der Waals surface area contributed by atoms with Gasteiger partial charge in [0.1, 0.15) is 22.4 Å². The van der Waals surface area contributed by atoms with E-state index in [2.05, 4.69) is 9.88 Å². The second-order valence-corrected chi connectivity index (χ2v) is 7.98. The smallest absolute Gasteiger partial charge is 0.257 e. The van der Waals surface area contributed by atoms with E-state index >= 15 is 0 Å². The number of piperazine rings is 1. The molecule has 0 saturated carbocycles. The number of fused-ring (bicyclic) bond motifs is 2. The molecule has 0 atom stereocenters. The summed E-state index contributed by atoms with van der Waals surface area (Å²) in [5.41, 5.74) is 3.31. The predicted molar refractivity (Wildman–Crippen MR) is 121 cm³/mol. The maximum absolute atomic E-state index is 12.9. The molecule has 1 saturated heterocycles. The fourth-order valence-electron chi connectivity index (χ4n) is 3.91. The number of hydrogen-bond acceptors (Lipinski definition) is 5. The highest BCUT2D eigenvalue weighted by Crippen LogP contribution is 2.38. The van der Waals surface area contributed by atoms with Gasteiger partial charge in [-0.05, 0) is 48.9 Å². The van der Waals surface area contributed by atoms with Gasteiger partial charge in [0.2, 0.25) is 0 Å². The number of carbonyl (C=O) groups is 1. The Morgan fingerprint density at radius 3 is 2.61 bits per heavy atom. The summed E-state index contributed by atoms with van der Waals surface area (Å²) in [6.07, 6.45) is 1.58. The first-order valence-corrected chi connectivity index (χ1v) is 10.6. The molecular formula is C24H21ClN4O2. The fraction of sp³-hybridized carbons (Fsp3) is 0.208. The lowest BCUT2D eigenvalue weighted by Gasteiger charge is -2.36.